The first-order valence-electron chi connectivity index (χ1n) is 8.88. The van der Waals surface area contributed by atoms with Crippen molar-refractivity contribution in [1.29, 1.82) is 0 Å². The fraction of sp³-hybridized carbons (Fsp3) is 0.0909. The molecule has 4 rings (SSSR count). The average Bonchev–Trinajstić information content (AvgIpc) is 3.30. The van der Waals surface area contributed by atoms with Crippen LogP contribution in [-0.2, 0) is 11.3 Å². The van der Waals surface area contributed by atoms with Gasteiger partial charge in [-0.1, -0.05) is 59.3 Å². The molecule has 2 heterocycles. The molecule has 0 spiro atoms. The summed E-state index contributed by atoms with van der Waals surface area (Å²) in [4.78, 5) is 14.9. The number of amides is 1. The monoisotopic (exact) mass is 475 g/mol. The Hall–Kier alpha value is -2.25. The minimum atomic E-state index is -0.153. The highest BCUT2D eigenvalue weighted by Gasteiger charge is 2.32. The number of rotatable bonds is 5. The summed E-state index contributed by atoms with van der Waals surface area (Å²) in [5, 5.41) is 1.10. The van der Waals surface area contributed by atoms with Crippen LogP contribution in [0.5, 0.6) is 5.75 Å². The van der Waals surface area contributed by atoms with E-state index in [0.29, 0.717) is 42.9 Å². The fourth-order valence-corrected chi connectivity index (χ4v) is 4.56. The molecule has 3 aromatic rings. The second-order valence-electron chi connectivity index (χ2n) is 6.44. The Morgan fingerprint density at radius 2 is 1.90 bits per heavy atom. The average molecular weight is 476 g/mol. The van der Waals surface area contributed by atoms with Crippen LogP contribution in [0.3, 0.4) is 0 Å². The van der Waals surface area contributed by atoms with Gasteiger partial charge in [0.1, 0.15) is 21.6 Å². The van der Waals surface area contributed by atoms with Crippen LogP contribution in [0.4, 0.5) is 0 Å². The second kappa shape index (κ2) is 8.86. The summed E-state index contributed by atoms with van der Waals surface area (Å²) in [6.07, 6.45) is 1.69. The molecule has 1 amide bonds. The topological polar surface area (TPSA) is 42.7 Å². The van der Waals surface area contributed by atoms with E-state index in [1.807, 2.05) is 24.3 Å². The number of hydrogen-bond donors (Lipinski definition) is 0. The summed E-state index contributed by atoms with van der Waals surface area (Å²) in [5.41, 5.74) is 1.65. The minimum absolute atomic E-state index is 0.153. The maximum absolute atomic E-state index is 12.9. The molecule has 0 N–H and O–H groups in total. The lowest BCUT2D eigenvalue weighted by Crippen LogP contribution is -2.27. The van der Waals surface area contributed by atoms with Crippen LogP contribution >= 0.6 is 47.2 Å². The van der Waals surface area contributed by atoms with Gasteiger partial charge in [0, 0.05) is 16.7 Å². The second-order valence-corrected chi connectivity index (χ2v) is 8.96. The Balaban J connectivity index is 1.53. The number of benzene rings is 2. The highest BCUT2D eigenvalue weighted by atomic mass is 35.5. The van der Waals surface area contributed by atoms with Crippen LogP contribution in [0.1, 0.15) is 11.3 Å². The zero-order valence-electron chi connectivity index (χ0n) is 15.7. The molecule has 0 bridgehead atoms. The largest absolute Gasteiger partial charge is 0.497 e. The van der Waals surface area contributed by atoms with E-state index in [2.05, 4.69) is 0 Å². The van der Waals surface area contributed by atoms with E-state index < -0.39 is 0 Å². The minimum Gasteiger partial charge on any atom is -0.497 e. The summed E-state index contributed by atoms with van der Waals surface area (Å²) in [6.45, 7) is 0.396. The summed E-state index contributed by atoms with van der Waals surface area (Å²) >= 11 is 19.0. The number of carbonyl (C=O) groups excluding carboxylic acids is 1. The van der Waals surface area contributed by atoms with Gasteiger partial charge in [0.15, 0.2) is 0 Å². The van der Waals surface area contributed by atoms with Crippen molar-refractivity contribution in [3.8, 4) is 17.1 Å². The van der Waals surface area contributed by atoms with E-state index in [9.17, 15) is 4.79 Å². The molecule has 4 nitrogen and oxygen atoms in total. The molecule has 8 heteroatoms. The number of halogens is 2. The first-order valence-corrected chi connectivity index (χ1v) is 10.9. The Kier molecular flexibility index (Phi) is 6.20. The molecule has 30 heavy (non-hydrogen) atoms. The summed E-state index contributed by atoms with van der Waals surface area (Å²) in [7, 11) is 1.61. The maximum Gasteiger partial charge on any atom is 0.266 e. The first-order chi connectivity index (χ1) is 14.4. The van der Waals surface area contributed by atoms with Gasteiger partial charge < -0.3 is 9.15 Å². The number of furan rings is 1. The van der Waals surface area contributed by atoms with E-state index in [1.165, 1.54) is 11.8 Å². The maximum atomic E-state index is 12.9. The Morgan fingerprint density at radius 1 is 1.13 bits per heavy atom. The van der Waals surface area contributed by atoms with Crippen LogP contribution in [0, 0.1) is 0 Å². The number of nitrogens with zero attached hydrogens (tertiary/aromatic N) is 1. The zero-order chi connectivity index (χ0) is 21.3. The number of thiocarbonyl (C=S) groups is 1. The number of methoxy groups -OCH3 is 1. The van der Waals surface area contributed by atoms with Crippen molar-refractivity contribution < 1.29 is 13.9 Å². The van der Waals surface area contributed by atoms with Gasteiger partial charge in [-0.3, -0.25) is 9.69 Å². The van der Waals surface area contributed by atoms with Crippen LogP contribution in [0.2, 0.25) is 10.0 Å². The molecular weight excluding hydrogens is 461 g/mol. The van der Waals surface area contributed by atoms with E-state index in [1.54, 1.807) is 48.4 Å². The molecule has 1 saturated heterocycles. The lowest BCUT2D eigenvalue weighted by molar-refractivity contribution is -0.122. The van der Waals surface area contributed by atoms with Crippen molar-refractivity contribution >= 4 is 63.5 Å². The standard InChI is InChI=1S/C22H15Cl2NO3S2/c1-27-15-5-2-13(3-6-15)12-25-21(26)20(30-22(25)29)11-16-7-9-19(28-16)17-10-14(23)4-8-18(17)24/h2-11H,12H2,1H3. The predicted molar refractivity (Wildman–Crippen MR) is 126 cm³/mol. The molecule has 0 radical (unpaired) electrons. The van der Waals surface area contributed by atoms with Crippen LogP contribution in [0.15, 0.2) is 63.9 Å². The van der Waals surface area contributed by atoms with Gasteiger partial charge in [0.25, 0.3) is 5.91 Å². The van der Waals surface area contributed by atoms with Gasteiger partial charge in [-0.05, 0) is 48.0 Å². The molecule has 1 aliphatic heterocycles. The third-order valence-electron chi connectivity index (χ3n) is 4.47. The van der Waals surface area contributed by atoms with Gasteiger partial charge >= 0.3 is 0 Å². The fourth-order valence-electron chi connectivity index (χ4n) is 2.94. The molecule has 0 unspecified atom stereocenters. The van der Waals surface area contributed by atoms with Crippen LogP contribution < -0.4 is 4.74 Å². The SMILES string of the molecule is COc1ccc(CN2C(=O)C(=Cc3ccc(-c4cc(Cl)ccc4Cl)o3)SC2=S)cc1. The highest BCUT2D eigenvalue weighted by Crippen LogP contribution is 2.36. The van der Waals surface area contributed by atoms with Crippen molar-refractivity contribution in [1.82, 2.24) is 4.90 Å². The van der Waals surface area contributed by atoms with Gasteiger partial charge in [-0.15, -0.1) is 0 Å². The number of hydrogen-bond acceptors (Lipinski definition) is 5. The van der Waals surface area contributed by atoms with Crippen LogP contribution in [-0.4, -0.2) is 22.2 Å². The molecule has 0 aliphatic carbocycles. The number of thioether (sulfide) groups is 1. The van der Waals surface area contributed by atoms with E-state index in [4.69, 9.17) is 44.6 Å². The van der Waals surface area contributed by atoms with E-state index in [0.717, 1.165) is 11.3 Å². The highest BCUT2D eigenvalue weighted by molar-refractivity contribution is 8.26. The molecular formula is C22H15Cl2NO3S2. The summed E-state index contributed by atoms with van der Waals surface area (Å²) in [6, 6.07) is 16.3. The van der Waals surface area contributed by atoms with Crippen molar-refractivity contribution in [3.63, 3.8) is 0 Å². The van der Waals surface area contributed by atoms with Crippen molar-refractivity contribution in [3.05, 3.63) is 80.9 Å². The molecule has 0 saturated carbocycles. The third kappa shape index (κ3) is 4.42. The lowest BCUT2D eigenvalue weighted by Gasteiger charge is -2.14. The molecule has 0 atom stereocenters. The van der Waals surface area contributed by atoms with Crippen LogP contribution in [0.25, 0.3) is 17.4 Å². The molecule has 1 fully saturated rings. The quantitative estimate of drug-likeness (QED) is 0.304. The Bertz CT molecular complexity index is 1160. The van der Waals surface area contributed by atoms with Gasteiger partial charge in [0.2, 0.25) is 0 Å². The van der Waals surface area contributed by atoms with Gasteiger partial charge in [0.05, 0.1) is 23.6 Å². The van der Waals surface area contributed by atoms with Crippen molar-refractivity contribution in [2.45, 2.75) is 6.54 Å². The number of carbonyl (C=O) groups is 1. The van der Waals surface area contributed by atoms with Gasteiger partial charge in [-0.25, -0.2) is 0 Å². The Morgan fingerprint density at radius 3 is 2.63 bits per heavy atom. The van der Waals surface area contributed by atoms with E-state index >= 15 is 0 Å². The van der Waals surface area contributed by atoms with E-state index in [-0.39, 0.29) is 5.91 Å². The van der Waals surface area contributed by atoms with Crippen molar-refractivity contribution in [2.24, 2.45) is 0 Å². The first kappa shape index (κ1) is 21.0. The van der Waals surface area contributed by atoms with Crippen molar-refractivity contribution in [2.75, 3.05) is 7.11 Å². The number of ether oxygens (including phenoxy) is 1. The normalized spacial score (nSPS) is 15.3. The lowest BCUT2D eigenvalue weighted by atomic mass is 10.2. The molecule has 1 aliphatic rings. The Labute approximate surface area is 193 Å². The molecule has 2 aromatic carbocycles. The summed E-state index contributed by atoms with van der Waals surface area (Å²) < 4.78 is 11.5. The smallest absolute Gasteiger partial charge is 0.266 e. The third-order valence-corrected chi connectivity index (χ3v) is 6.41. The predicted octanol–water partition coefficient (Wildman–Crippen LogP) is 6.66. The zero-order valence-corrected chi connectivity index (χ0v) is 18.9. The molecule has 152 valence electrons. The molecule has 1 aromatic heterocycles. The summed E-state index contributed by atoms with van der Waals surface area (Å²) in [5.74, 6) is 1.71. The van der Waals surface area contributed by atoms with Gasteiger partial charge in [-0.2, -0.15) is 0 Å².